The van der Waals surface area contributed by atoms with Gasteiger partial charge < -0.3 is 10.1 Å². The molecule has 25 heavy (non-hydrogen) atoms. The second-order valence-electron chi connectivity index (χ2n) is 5.52. The summed E-state index contributed by atoms with van der Waals surface area (Å²) in [5.74, 6) is 0.419. The number of ether oxygens (including phenoxy) is 1. The topological polar surface area (TPSA) is 64.1 Å². The summed E-state index contributed by atoms with van der Waals surface area (Å²) < 4.78 is 5.54. The van der Waals surface area contributed by atoms with E-state index in [-0.39, 0.29) is 17.8 Å². The summed E-state index contributed by atoms with van der Waals surface area (Å²) in [7, 11) is 0. The van der Waals surface area contributed by atoms with Crippen LogP contribution in [0, 0.1) is 0 Å². The quantitative estimate of drug-likeness (QED) is 0.726. The first-order valence-electron chi connectivity index (χ1n) is 8.17. The maximum Gasteiger partial charge on any atom is 0.321 e. The predicted octanol–water partition coefficient (Wildman–Crippen LogP) is 4.40. The molecule has 0 radical (unpaired) electrons. The smallest absolute Gasteiger partial charge is 0.321 e. The van der Waals surface area contributed by atoms with Crippen LogP contribution in [0.15, 0.2) is 73.1 Å². The van der Waals surface area contributed by atoms with Crippen LogP contribution in [0.5, 0.6) is 11.8 Å². The average molecular weight is 333 g/mol. The van der Waals surface area contributed by atoms with Crippen LogP contribution in [-0.4, -0.2) is 15.9 Å². The third-order valence-corrected chi connectivity index (χ3v) is 3.80. The third kappa shape index (κ3) is 4.41. The first kappa shape index (κ1) is 16.6. The van der Waals surface area contributed by atoms with Gasteiger partial charge in [-0.2, -0.15) is 0 Å². The van der Waals surface area contributed by atoms with Crippen molar-refractivity contribution in [2.45, 2.75) is 19.3 Å². The van der Waals surface area contributed by atoms with Crippen molar-refractivity contribution in [1.29, 1.82) is 0 Å². The maximum absolute atomic E-state index is 12.6. The molecule has 5 nitrogen and oxygen atoms in total. The van der Waals surface area contributed by atoms with Gasteiger partial charge in [0.2, 0.25) is 5.91 Å². The Balaban J connectivity index is 1.65. The average Bonchev–Trinajstić information content (AvgIpc) is 2.66. The van der Waals surface area contributed by atoms with Gasteiger partial charge in [0.15, 0.2) is 0 Å². The number of carbonyl (C=O) groups is 1. The fourth-order valence-corrected chi connectivity index (χ4v) is 2.54. The number of carbonyl (C=O) groups excluding carboxylic acids is 1. The highest BCUT2D eigenvalue weighted by atomic mass is 16.5. The molecule has 0 bridgehead atoms. The van der Waals surface area contributed by atoms with E-state index in [1.54, 1.807) is 42.7 Å². The van der Waals surface area contributed by atoms with E-state index in [1.807, 2.05) is 37.3 Å². The van der Waals surface area contributed by atoms with Gasteiger partial charge in [-0.15, -0.1) is 0 Å². The molecule has 0 fully saturated rings. The number of amides is 1. The van der Waals surface area contributed by atoms with E-state index in [9.17, 15) is 4.79 Å². The van der Waals surface area contributed by atoms with Gasteiger partial charge in [-0.3, -0.25) is 4.79 Å². The van der Waals surface area contributed by atoms with Gasteiger partial charge in [-0.1, -0.05) is 37.3 Å². The summed E-state index contributed by atoms with van der Waals surface area (Å²) in [4.78, 5) is 20.6. The SMILES string of the molecule is CC[C@H](C(=O)Nc1ccc(Oc2ncccn2)cc1)c1ccccc1. The molecule has 3 rings (SSSR count). The van der Waals surface area contributed by atoms with Crippen molar-refractivity contribution in [2.24, 2.45) is 0 Å². The standard InChI is InChI=1S/C20H19N3O2/c1-2-18(15-7-4-3-5-8-15)19(24)23-16-9-11-17(12-10-16)25-20-21-13-6-14-22-20/h3-14,18H,2H2,1H3,(H,23,24)/t18-/m0/s1. The van der Waals surface area contributed by atoms with E-state index in [2.05, 4.69) is 15.3 Å². The Bertz CT molecular complexity index is 805. The predicted molar refractivity (Wildman–Crippen MR) is 96.7 cm³/mol. The minimum absolute atomic E-state index is 0.0197. The Labute approximate surface area is 146 Å². The Hall–Kier alpha value is -3.21. The molecule has 126 valence electrons. The first-order chi connectivity index (χ1) is 12.3. The summed E-state index contributed by atoms with van der Waals surface area (Å²) in [5, 5.41) is 2.96. The zero-order chi connectivity index (χ0) is 17.5. The lowest BCUT2D eigenvalue weighted by molar-refractivity contribution is -0.117. The number of benzene rings is 2. The van der Waals surface area contributed by atoms with E-state index < -0.39 is 0 Å². The van der Waals surface area contributed by atoms with E-state index in [4.69, 9.17) is 4.74 Å². The number of aromatic nitrogens is 2. The Morgan fingerprint density at radius 3 is 2.32 bits per heavy atom. The van der Waals surface area contributed by atoms with Gasteiger partial charge >= 0.3 is 6.01 Å². The van der Waals surface area contributed by atoms with E-state index >= 15 is 0 Å². The van der Waals surface area contributed by atoms with Crippen LogP contribution in [0.2, 0.25) is 0 Å². The summed E-state index contributed by atoms with van der Waals surface area (Å²) >= 11 is 0. The lowest BCUT2D eigenvalue weighted by Gasteiger charge is -2.15. The second kappa shape index (κ2) is 8.06. The Kier molecular flexibility index (Phi) is 5.36. The van der Waals surface area contributed by atoms with Crippen molar-refractivity contribution in [3.8, 4) is 11.8 Å². The number of nitrogens with zero attached hydrogens (tertiary/aromatic N) is 2. The van der Waals surface area contributed by atoms with Gasteiger partial charge in [0.05, 0.1) is 5.92 Å². The molecular formula is C20H19N3O2. The summed E-state index contributed by atoms with van der Waals surface area (Å²) in [6.07, 6.45) is 3.97. The monoisotopic (exact) mass is 333 g/mol. The van der Waals surface area contributed by atoms with Crippen LogP contribution in [0.1, 0.15) is 24.8 Å². The van der Waals surface area contributed by atoms with Gasteiger partial charge in [-0.25, -0.2) is 9.97 Å². The molecule has 0 aliphatic rings. The fraction of sp³-hybridized carbons (Fsp3) is 0.150. The summed E-state index contributed by atoms with van der Waals surface area (Å²) in [5.41, 5.74) is 1.74. The van der Waals surface area contributed by atoms with Crippen molar-refractivity contribution in [2.75, 3.05) is 5.32 Å². The molecule has 1 atom stereocenters. The van der Waals surface area contributed by atoms with Gasteiger partial charge in [-0.05, 0) is 42.3 Å². The number of nitrogens with one attached hydrogen (secondary N) is 1. The first-order valence-corrected chi connectivity index (χ1v) is 8.17. The fourth-order valence-electron chi connectivity index (χ4n) is 2.54. The second-order valence-corrected chi connectivity index (χ2v) is 5.52. The van der Waals surface area contributed by atoms with Gasteiger partial charge in [0, 0.05) is 18.1 Å². The van der Waals surface area contributed by atoms with Crippen molar-refractivity contribution >= 4 is 11.6 Å². The lowest BCUT2D eigenvalue weighted by atomic mass is 9.95. The molecular weight excluding hydrogens is 314 g/mol. The maximum atomic E-state index is 12.6. The number of rotatable bonds is 6. The molecule has 1 heterocycles. The highest BCUT2D eigenvalue weighted by Crippen LogP contribution is 2.23. The normalized spacial score (nSPS) is 11.6. The Morgan fingerprint density at radius 2 is 1.68 bits per heavy atom. The van der Waals surface area contributed by atoms with Crippen LogP contribution in [0.4, 0.5) is 5.69 Å². The molecule has 2 aromatic carbocycles. The van der Waals surface area contributed by atoms with Crippen molar-refractivity contribution in [3.05, 3.63) is 78.6 Å². The Morgan fingerprint density at radius 1 is 1.00 bits per heavy atom. The molecule has 1 aromatic heterocycles. The van der Waals surface area contributed by atoms with Crippen molar-refractivity contribution in [1.82, 2.24) is 9.97 Å². The molecule has 0 spiro atoms. The van der Waals surface area contributed by atoms with Crippen LogP contribution < -0.4 is 10.1 Å². The number of anilines is 1. The molecule has 0 aliphatic carbocycles. The van der Waals surface area contributed by atoms with E-state index in [0.717, 1.165) is 17.7 Å². The van der Waals surface area contributed by atoms with E-state index in [1.165, 1.54) is 0 Å². The largest absolute Gasteiger partial charge is 0.424 e. The van der Waals surface area contributed by atoms with Gasteiger partial charge in [0.1, 0.15) is 5.75 Å². The summed E-state index contributed by atoms with van der Waals surface area (Å²) in [6.45, 7) is 2.01. The molecule has 5 heteroatoms. The van der Waals surface area contributed by atoms with E-state index in [0.29, 0.717) is 5.75 Å². The highest BCUT2D eigenvalue weighted by molar-refractivity contribution is 5.95. The van der Waals surface area contributed by atoms with Crippen LogP contribution in [0.3, 0.4) is 0 Å². The zero-order valence-corrected chi connectivity index (χ0v) is 13.9. The lowest BCUT2D eigenvalue weighted by Crippen LogP contribution is -2.20. The molecule has 0 saturated carbocycles. The molecule has 1 N–H and O–H groups in total. The molecule has 3 aromatic rings. The van der Waals surface area contributed by atoms with Crippen molar-refractivity contribution in [3.63, 3.8) is 0 Å². The minimum Gasteiger partial charge on any atom is -0.424 e. The van der Waals surface area contributed by atoms with Crippen LogP contribution in [0.25, 0.3) is 0 Å². The van der Waals surface area contributed by atoms with Crippen LogP contribution >= 0.6 is 0 Å². The van der Waals surface area contributed by atoms with Crippen molar-refractivity contribution < 1.29 is 9.53 Å². The molecule has 0 unspecified atom stereocenters. The highest BCUT2D eigenvalue weighted by Gasteiger charge is 2.18. The zero-order valence-electron chi connectivity index (χ0n) is 13.9. The van der Waals surface area contributed by atoms with Crippen LogP contribution in [-0.2, 0) is 4.79 Å². The summed E-state index contributed by atoms with van der Waals surface area (Å²) in [6, 6.07) is 19.0. The number of hydrogen-bond acceptors (Lipinski definition) is 4. The van der Waals surface area contributed by atoms with Gasteiger partial charge in [0.25, 0.3) is 0 Å². The molecule has 0 aliphatic heterocycles. The molecule has 1 amide bonds. The third-order valence-electron chi connectivity index (χ3n) is 3.80. The number of hydrogen-bond donors (Lipinski definition) is 1. The minimum atomic E-state index is -0.171. The molecule has 0 saturated heterocycles.